The van der Waals surface area contributed by atoms with Gasteiger partial charge in [0, 0.05) is 13.1 Å². The molecule has 1 aliphatic rings. The highest BCUT2D eigenvalue weighted by Crippen LogP contribution is 2.16. The third kappa shape index (κ3) is 1.50. The first-order valence-electron chi connectivity index (χ1n) is 3.90. The number of ether oxygens (including phenoxy) is 1. The van der Waals surface area contributed by atoms with Crippen LogP contribution in [0.5, 0.6) is 0 Å². The van der Waals surface area contributed by atoms with Gasteiger partial charge in [0.1, 0.15) is 6.23 Å². The van der Waals surface area contributed by atoms with Crippen LogP contribution in [0.2, 0.25) is 0 Å². The molecule has 1 heterocycles. The average molecular weight is 142 g/mol. The molecule has 0 aliphatic carbocycles. The summed E-state index contributed by atoms with van der Waals surface area (Å²) in [6.07, 6.45) is 0.317. The topological polar surface area (TPSA) is 12.5 Å². The Morgan fingerprint density at radius 3 is 2.80 bits per heavy atom. The molecule has 10 heavy (non-hydrogen) atoms. The van der Waals surface area contributed by atoms with Gasteiger partial charge in [-0.3, -0.25) is 4.90 Å². The largest absolute Gasteiger partial charge is 0.362 e. The van der Waals surface area contributed by atoms with Crippen LogP contribution in [-0.2, 0) is 4.74 Å². The predicted molar refractivity (Wildman–Crippen MR) is 41.5 cm³/mol. The van der Waals surface area contributed by atoms with Crippen LogP contribution in [0.25, 0.3) is 0 Å². The van der Waals surface area contributed by atoms with Crippen molar-refractivity contribution < 1.29 is 4.74 Å². The first-order chi connectivity index (χ1) is 4.75. The molecular weight excluding hydrogens is 126 g/mol. The maximum atomic E-state index is 5.50. The number of hydrogen-bond acceptors (Lipinski definition) is 2. The maximum absolute atomic E-state index is 5.50. The Morgan fingerprint density at radius 2 is 2.40 bits per heavy atom. The Balaban J connectivity index is 2.42. The fourth-order valence-corrected chi connectivity index (χ4v) is 1.38. The molecule has 0 aromatic rings. The number of hydrogen-bond donors (Lipinski definition) is 0. The van der Waals surface area contributed by atoms with Crippen LogP contribution in [0.4, 0.5) is 0 Å². The van der Waals surface area contributed by atoms with Gasteiger partial charge in [-0.1, -0.05) is 13.8 Å². The summed E-state index contributed by atoms with van der Waals surface area (Å²) >= 11 is 0. The first-order valence-corrected chi connectivity index (χ1v) is 3.90. The zero-order valence-corrected chi connectivity index (χ0v) is 6.84. The third-order valence-corrected chi connectivity index (χ3v) is 1.88. The van der Waals surface area contributed by atoms with Gasteiger partial charge in [0.15, 0.2) is 0 Å². The molecule has 0 amide bonds. The van der Waals surface area contributed by atoms with Gasteiger partial charge in [0.25, 0.3) is 0 Å². The lowest BCUT2D eigenvalue weighted by atomic mass is 10.2. The fourth-order valence-electron chi connectivity index (χ4n) is 1.38. The lowest BCUT2D eigenvalue weighted by molar-refractivity contribution is 0.00299. The molecule has 0 aromatic carbocycles. The molecule has 0 aromatic heterocycles. The van der Waals surface area contributed by atoms with E-state index in [9.17, 15) is 0 Å². The molecule has 0 saturated carbocycles. The van der Waals surface area contributed by atoms with Crippen molar-refractivity contribution in [2.24, 2.45) is 5.92 Å². The molecule has 59 valence electrons. The maximum Gasteiger partial charge on any atom is 0.113 e. The molecule has 1 unspecified atom stereocenters. The zero-order valence-electron chi connectivity index (χ0n) is 6.84. The third-order valence-electron chi connectivity index (χ3n) is 1.88. The standard InChI is InChI=1S/C8H16NO/c1-4-9-5-6-10-8(9)7(2)3/h7-8H,1,4-6H2,2-3H3. The Morgan fingerprint density at radius 1 is 1.70 bits per heavy atom. The summed E-state index contributed by atoms with van der Waals surface area (Å²) in [5.41, 5.74) is 0. The number of rotatable bonds is 2. The lowest BCUT2D eigenvalue weighted by Gasteiger charge is -2.23. The van der Waals surface area contributed by atoms with Crippen LogP contribution >= 0.6 is 0 Å². The fraction of sp³-hybridized carbons (Fsp3) is 0.875. The quantitative estimate of drug-likeness (QED) is 0.573. The summed E-state index contributed by atoms with van der Waals surface area (Å²) in [4.78, 5) is 2.27. The highest BCUT2D eigenvalue weighted by atomic mass is 16.5. The van der Waals surface area contributed by atoms with E-state index >= 15 is 0 Å². The smallest absolute Gasteiger partial charge is 0.113 e. The van der Waals surface area contributed by atoms with Crippen LogP contribution < -0.4 is 0 Å². The molecule has 2 heteroatoms. The Kier molecular flexibility index (Phi) is 2.69. The van der Waals surface area contributed by atoms with Crippen LogP contribution in [0.1, 0.15) is 13.8 Å². The first kappa shape index (κ1) is 8.02. The lowest BCUT2D eigenvalue weighted by Crippen LogP contribution is -2.33. The van der Waals surface area contributed by atoms with Crippen LogP contribution in [-0.4, -0.2) is 30.8 Å². The van der Waals surface area contributed by atoms with Gasteiger partial charge in [-0.05, 0) is 12.8 Å². The average Bonchev–Trinajstić information content (AvgIpc) is 2.33. The monoisotopic (exact) mass is 142 g/mol. The minimum absolute atomic E-state index is 0.317. The molecule has 1 rings (SSSR count). The van der Waals surface area contributed by atoms with Gasteiger partial charge in [0.2, 0.25) is 0 Å². The van der Waals surface area contributed by atoms with Gasteiger partial charge in [-0.2, -0.15) is 0 Å². The summed E-state index contributed by atoms with van der Waals surface area (Å²) in [5.74, 6) is 0.587. The molecule has 1 radical (unpaired) electrons. The molecule has 1 aliphatic heterocycles. The highest BCUT2D eigenvalue weighted by molar-refractivity contribution is 4.72. The van der Waals surface area contributed by atoms with Gasteiger partial charge in [-0.25, -0.2) is 0 Å². The van der Waals surface area contributed by atoms with Gasteiger partial charge in [-0.15, -0.1) is 0 Å². The van der Waals surface area contributed by atoms with E-state index in [-0.39, 0.29) is 0 Å². The molecule has 2 nitrogen and oxygen atoms in total. The van der Waals surface area contributed by atoms with Crippen molar-refractivity contribution in [2.75, 3.05) is 19.7 Å². The molecule has 1 fully saturated rings. The molecular formula is C8H16NO. The van der Waals surface area contributed by atoms with Crippen molar-refractivity contribution in [1.29, 1.82) is 0 Å². The molecule has 0 N–H and O–H groups in total. The minimum Gasteiger partial charge on any atom is -0.362 e. The summed E-state index contributed by atoms with van der Waals surface area (Å²) in [7, 11) is 0. The predicted octanol–water partition coefficient (Wildman–Crippen LogP) is 1.13. The molecule has 1 atom stereocenters. The van der Waals surface area contributed by atoms with E-state index in [2.05, 4.69) is 25.7 Å². The Hall–Kier alpha value is -0.0800. The molecule has 0 spiro atoms. The van der Waals surface area contributed by atoms with E-state index in [1.807, 2.05) is 0 Å². The van der Waals surface area contributed by atoms with E-state index in [1.54, 1.807) is 0 Å². The van der Waals surface area contributed by atoms with Crippen molar-refractivity contribution >= 4 is 0 Å². The van der Waals surface area contributed by atoms with Gasteiger partial charge in [0.05, 0.1) is 6.61 Å². The second kappa shape index (κ2) is 3.35. The minimum atomic E-state index is 0.317. The Labute approximate surface area is 63.2 Å². The highest BCUT2D eigenvalue weighted by Gasteiger charge is 2.25. The van der Waals surface area contributed by atoms with Crippen LogP contribution in [0, 0.1) is 12.8 Å². The van der Waals surface area contributed by atoms with Gasteiger partial charge < -0.3 is 4.74 Å². The van der Waals surface area contributed by atoms with Crippen LogP contribution in [0.3, 0.4) is 0 Å². The molecule has 1 saturated heterocycles. The molecule has 0 bridgehead atoms. The van der Waals surface area contributed by atoms with Crippen molar-refractivity contribution in [2.45, 2.75) is 20.1 Å². The summed E-state index contributed by atoms with van der Waals surface area (Å²) in [5, 5.41) is 0. The second-order valence-corrected chi connectivity index (χ2v) is 3.04. The van der Waals surface area contributed by atoms with Crippen molar-refractivity contribution in [3.8, 4) is 0 Å². The summed E-state index contributed by atoms with van der Waals surface area (Å²) in [6, 6.07) is 0. The Bertz CT molecular complexity index is 103. The van der Waals surface area contributed by atoms with E-state index in [1.165, 1.54) is 0 Å². The summed E-state index contributed by atoms with van der Waals surface area (Å²) in [6.45, 7) is 11.0. The SMILES string of the molecule is [CH2]CN1CCOC1C(C)C. The van der Waals surface area contributed by atoms with E-state index in [0.717, 1.165) is 19.7 Å². The van der Waals surface area contributed by atoms with E-state index in [0.29, 0.717) is 12.1 Å². The zero-order chi connectivity index (χ0) is 7.56. The van der Waals surface area contributed by atoms with Crippen molar-refractivity contribution in [3.05, 3.63) is 6.92 Å². The number of nitrogens with zero attached hydrogens (tertiary/aromatic N) is 1. The van der Waals surface area contributed by atoms with E-state index in [4.69, 9.17) is 4.74 Å². The summed E-state index contributed by atoms with van der Waals surface area (Å²) < 4.78 is 5.50. The normalized spacial score (nSPS) is 28.2. The van der Waals surface area contributed by atoms with Gasteiger partial charge >= 0.3 is 0 Å². The van der Waals surface area contributed by atoms with Crippen molar-refractivity contribution in [3.63, 3.8) is 0 Å². The van der Waals surface area contributed by atoms with Crippen LogP contribution in [0.15, 0.2) is 0 Å². The van der Waals surface area contributed by atoms with Crippen molar-refractivity contribution in [1.82, 2.24) is 4.90 Å². The van der Waals surface area contributed by atoms with E-state index < -0.39 is 0 Å². The second-order valence-electron chi connectivity index (χ2n) is 3.04.